The second kappa shape index (κ2) is 5.76. The van der Waals surface area contributed by atoms with E-state index in [1.165, 1.54) is 22.3 Å². The molecule has 2 aromatic rings. The summed E-state index contributed by atoms with van der Waals surface area (Å²) in [6.45, 7) is 4.25. The maximum absolute atomic E-state index is 5.72. The lowest BCUT2D eigenvalue weighted by molar-refractivity contribution is 0.546. The minimum absolute atomic E-state index is 0.133. The van der Waals surface area contributed by atoms with Crippen LogP contribution >= 0.6 is 0 Å². The van der Waals surface area contributed by atoms with Crippen LogP contribution in [0.5, 0.6) is 0 Å². The van der Waals surface area contributed by atoms with Crippen molar-refractivity contribution < 1.29 is 0 Å². The van der Waals surface area contributed by atoms with Gasteiger partial charge in [-0.15, -0.1) is 0 Å². The first-order chi connectivity index (χ1) is 8.72. The molecule has 0 saturated heterocycles. The molecule has 1 aromatic heterocycles. The molecule has 3 N–H and O–H groups in total. The fourth-order valence-electron chi connectivity index (χ4n) is 2.38. The number of benzene rings is 1. The predicted molar refractivity (Wildman–Crippen MR) is 73.9 cm³/mol. The topological polar surface area (TPSA) is 50.9 Å². The van der Waals surface area contributed by atoms with Crippen LogP contribution in [0.1, 0.15) is 28.3 Å². The van der Waals surface area contributed by atoms with Crippen LogP contribution in [0.4, 0.5) is 0 Å². The number of nitrogens with one attached hydrogen (secondary N) is 1. The number of nitrogens with zero attached hydrogens (tertiary/aromatic N) is 1. The van der Waals surface area contributed by atoms with E-state index in [0.29, 0.717) is 0 Å². The lowest BCUT2D eigenvalue weighted by Crippen LogP contribution is -2.30. The minimum atomic E-state index is 0.133. The van der Waals surface area contributed by atoms with Crippen LogP contribution in [0.3, 0.4) is 0 Å². The van der Waals surface area contributed by atoms with Crippen LogP contribution in [-0.2, 0) is 6.42 Å². The molecule has 1 aromatic carbocycles. The second-order valence-corrected chi connectivity index (χ2v) is 4.58. The number of hydrogen-bond acceptors (Lipinski definition) is 3. The maximum atomic E-state index is 5.72. The molecule has 0 spiro atoms. The van der Waals surface area contributed by atoms with E-state index in [-0.39, 0.29) is 6.04 Å². The normalized spacial score (nSPS) is 12.4. The van der Waals surface area contributed by atoms with E-state index in [1.807, 2.05) is 24.5 Å². The molecule has 1 heterocycles. The summed E-state index contributed by atoms with van der Waals surface area (Å²) in [5, 5.41) is 0. The first kappa shape index (κ1) is 12.7. The Morgan fingerprint density at radius 2 is 1.72 bits per heavy atom. The van der Waals surface area contributed by atoms with Gasteiger partial charge < -0.3 is 0 Å². The van der Waals surface area contributed by atoms with Crippen molar-refractivity contribution in [3.05, 3.63) is 65.0 Å². The first-order valence-corrected chi connectivity index (χ1v) is 6.13. The van der Waals surface area contributed by atoms with Crippen LogP contribution < -0.4 is 11.3 Å². The number of pyridine rings is 1. The average Bonchev–Trinajstić information content (AvgIpc) is 2.38. The standard InChI is InChI=1S/C15H19N3/c1-11-4-3-5-12(2)15(11)14(18-16)10-13-6-8-17-9-7-13/h3-9,14,18H,10,16H2,1-2H3. The summed E-state index contributed by atoms with van der Waals surface area (Å²) < 4.78 is 0. The summed E-state index contributed by atoms with van der Waals surface area (Å²) in [6, 6.07) is 10.5. The zero-order chi connectivity index (χ0) is 13.0. The third kappa shape index (κ3) is 2.75. The quantitative estimate of drug-likeness (QED) is 0.638. The second-order valence-electron chi connectivity index (χ2n) is 4.58. The lowest BCUT2D eigenvalue weighted by Gasteiger charge is -2.21. The lowest BCUT2D eigenvalue weighted by atomic mass is 9.92. The van der Waals surface area contributed by atoms with Crippen molar-refractivity contribution in [3.63, 3.8) is 0 Å². The molecule has 1 atom stereocenters. The van der Waals surface area contributed by atoms with E-state index in [9.17, 15) is 0 Å². The average molecular weight is 241 g/mol. The summed E-state index contributed by atoms with van der Waals surface area (Å²) in [7, 11) is 0. The number of rotatable bonds is 4. The third-order valence-electron chi connectivity index (χ3n) is 3.28. The van der Waals surface area contributed by atoms with Crippen molar-refractivity contribution in [1.82, 2.24) is 10.4 Å². The molecule has 0 fully saturated rings. The largest absolute Gasteiger partial charge is 0.271 e. The van der Waals surface area contributed by atoms with Crippen LogP contribution in [0.2, 0.25) is 0 Å². The van der Waals surface area contributed by atoms with Crippen LogP contribution in [-0.4, -0.2) is 4.98 Å². The summed E-state index contributed by atoms with van der Waals surface area (Å²) in [5.41, 5.74) is 7.99. The molecule has 94 valence electrons. The van der Waals surface area contributed by atoms with Gasteiger partial charge in [-0.2, -0.15) is 0 Å². The van der Waals surface area contributed by atoms with Gasteiger partial charge in [0.15, 0.2) is 0 Å². The van der Waals surface area contributed by atoms with E-state index < -0.39 is 0 Å². The summed E-state index contributed by atoms with van der Waals surface area (Å²) in [4.78, 5) is 4.03. The van der Waals surface area contributed by atoms with Gasteiger partial charge in [-0.1, -0.05) is 18.2 Å². The molecule has 3 nitrogen and oxygen atoms in total. The van der Waals surface area contributed by atoms with E-state index >= 15 is 0 Å². The Morgan fingerprint density at radius 1 is 1.11 bits per heavy atom. The van der Waals surface area contributed by atoms with E-state index in [2.05, 4.69) is 42.5 Å². The van der Waals surface area contributed by atoms with Crippen molar-refractivity contribution in [2.45, 2.75) is 26.3 Å². The van der Waals surface area contributed by atoms with Gasteiger partial charge >= 0.3 is 0 Å². The van der Waals surface area contributed by atoms with Crippen molar-refractivity contribution in [3.8, 4) is 0 Å². The van der Waals surface area contributed by atoms with Crippen LogP contribution in [0.15, 0.2) is 42.7 Å². The molecule has 0 aliphatic heterocycles. The van der Waals surface area contributed by atoms with Gasteiger partial charge in [-0.3, -0.25) is 16.3 Å². The highest BCUT2D eigenvalue weighted by molar-refractivity contribution is 5.37. The number of aromatic nitrogens is 1. The molecular formula is C15H19N3. The Balaban J connectivity index is 2.29. The molecular weight excluding hydrogens is 222 g/mol. The number of nitrogens with two attached hydrogens (primary N) is 1. The zero-order valence-electron chi connectivity index (χ0n) is 10.9. The number of hydrazine groups is 1. The Kier molecular flexibility index (Phi) is 4.07. The van der Waals surface area contributed by atoms with Gasteiger partial charge in [0.1, 0.15) is 0 Å². The van der Waals surface area contributed by atoms with Crippen molar-refractivity contribution in [2.75, 3.05) is 0 Å². The molecule has 18 heavy (non-hydrogen) atoms. The van der Waals surface area contributed by atoms with Gasteiger partial charge in [0.05, 0.1) is 6.04 Å². The summed E-state index contributed by atoms with van der Waals surface area (Å²) >= 11 is 0. The molecule has 3 heteroatoms. The minimum Gasteiger partial charge on any atom is -0.271 e. The number of aryl methyl sites for hydroxylation is 2. The SMILES string of the molecule is Cc1cccc(C)c1C(Cc1ccncc1)NN. The van der Waals surface area contributed by atoms with E-state index in [1.54, 1.807) is 0 Å². The fourth-order valence-corrected chi connectivity index (χ4v) is 2.38. The molecule has 0 radical (unpaired) electrons. The fraction of sp³-hybridized carbons (Fsp3) is 0.267. The van der Waals surface area contributed by atoms with Gasteiger partial charge in [0, 0.05) is 12.4 Å². The van der Waals surface area contributed by atoms with E-state index in [4.69, 9.17) is 5.84 Å². The van der Waals surface area contributed by atoms with Crippen LogP contribution in [0.25, 0.3) is 0 Å². The first-order valence-electron chi connectivity index (χ1n) is 6.13. The summed E-state index contributed by atoms with van der Waals surface area (Å²) in [6.07, 6.45) is 4.49. The van der Waals surface area contributed by atoms with Crippen molar-refractivity contribution in [2.24, 2.45) is 5.84 Å². The van der Waals surface area contributed by atoms with Gasteiger partial charge in [-0.05, 0) is 54.7 Å². The van der Waals surface area contributed by atoms with Crippen molar-refractivity contribution >= 4 is 0 Å². The summed E-state index contributed by atoms with van der Waals surface area (Å²) in [5.74, 6) is 5.72. The predicted octanol–water partition coefficient (Wildman–Crippen LogP) is 2.45. The molecule has 0 amide bonds. The monoisotopic (exact) mass is 241 g/mol. The Morgan fingerprint density at radius 3 is 2.28 bits per heavy atom. The Bertz CT molecular complexity index is 488. The zero-order valence-corrected chi connectivity index (χ0v) is 10.9. The van der Waals surface area contributed by atoms with Gasteiger partial charge in [0.2, 0.25) is 0 Å². The van der Waals surface area contributed by atoms with Gasteiger partial charge in [-0.25, -0.2) is 0 Å². The Labute approximate surface area is 108 Å². The molecule has 0 aliphatic carbocycles. The highest BCUT2D eigenvalue weighted by atomic mass is 15.2. The van der Waals surface area contributed by atoms with Gasteiger partial charge in [0.25, 0.3) is 0 Å². The third-order valence-corrected chi connectivity index (χ3v) is 3.28. The molecule has 1 unspecified atom stereocenters. The number of hydrogen-bond donors (Lipinski definition) is 2. The highest BCUT2D eigenvalue weighted by Gasteiger charge is 2.14. The van der Waals surface area contributed by atoms with E-state index in [0.717, 1.165) is 6.42 Å². The maximum Gasteiger partial charge on any atom is 0.0505 e. The molecule has 0 aliphatic rings. The molecule has 2 rings (SSSR count). The highest BCUT2D eigenvalue weighted by Crippen LogP contribution is 2.24. The Hall–Kier alpha value is -1.71. The van der Waals surface area contributed by atoms with Crippen molar-refractivity contribution in [1.29, 1.82) is 0 Å². The smallest absolute Gasteiger partial charge is 0.0505 e. The van der Waals surface area contributed by atoms with Crippen LogP contribution in [0, 0.1) is 13.8 Å². The molecule has 0 saturated carbocycles. The molecule has 0 bridgehead atoms.